The number of rotatable bonds is 6. The number of piperidine rings is 1. The molecule has 4 aromatic rings. The summed E-state index contributed by atoms with van der Waals surface area (Å²) in [6.45, 7) is 8.38. The third-order valence-corrected chi connectivity index (χ3v) is 7.74. The van der Waals surface area contributed by atoms with Gasteiger partial charge in [-0.1, -0.05) is 23.9 Å². The van der Waals surface area contributed by atoms with Crippen LogP contribution in [0.3, 0.4) is 0 Å². The fourth-order valence-electron chi connectivity index (χ4n) is 5.52. The van der Waals surface area contributed by atoms with Gasteiger partial charge in [0.05, 0.1) is 36.0 Å². The molecule has 0 radical (unpaired) electrons. The fourth-order valence-corrected chi connectivity index (χ4v) is 5.52. The zero-order valence-corrected chi connectivity index (χ0v) is 22.8. The Kier molecular flexibility index (Phi) is 7.03. The maximum absolute atomic E-state index is 13.2. The van der Waals surface area contributed by atoms with Gasteiger partial charge in [-0.05, 0) is 56.5 Å². The van der Waals surface area contributed by atoms with Crippen LogP contribution in [0.4, 0.5) is 13.2 Å². The smallest absolute Gasteiger partial charge is 0.391 e. The molecule has 0 saturated carbocycles. The van der Waals surface area contributed by atoms with Crippen LogP contribution in [0, 0.1) is 19.8 Å². The van der Waals surface area contributed by atoms with Crippen molar-refractivity contribution >= 4 is 16.6 Å². The van der Waals surface area contributed by atoms with Gasteiger partial charge in [-0.25, -0.2) is 9.67 Å². The van der Waals surface area contributed by atoms with E-state index in [1.54, 1.807) is 19.2 Å². The van der Waals surface area contributed by atoms with E-state index in [-0.39, 0.29) is 25.9 Å². The van der Waals surface area contributed by atoms with Gasteiger partial charge in [0.25, 0.3) is 0 Å². The molecule has 1 aliphatic heterocycles. The lowest BCUT2D eigenvalue weighted by molar-refractivity contribution is -0.183. The van der Waals surface area contributed by atoms with E-state index < -0.39 is 17.7 Å². The largest absolute Gasteiger partial charge is 0.480 e. The lowest BCUT2D eigenvalue weighted by Gasteiger charge is -2.35. The molecule has 1 N–H and O–H groups in total. The number of benzene rings is 1. The quantitative estimate of drug-likeness (QED) is 0.364. The Morgan fingerprint density at radius 3 is 2.40 bits per heavy atom. The normalized spacial score (nSPS) is 16.2. The summed E-state index contributed by atoms with van der Waals surface area (Å²) in [4.78, 5) is 11.1. The molecule has 0 bridgehead atoms. The minimum absolute atomic E-state index is 0.00565. The summed E-state index contributed by atoms with van der Waals surface area (Å²) in [7, 11) is 3.21. The molecular formula is C29H31F3N6O2. The van der Waals surface area contributed by atoms with Crippen LogP contribution in [0.25, 0.3) is 16.6 Å². The van der Waals surface area contributed by atoms with E-state index in [9.17, 15) is 18.3 Å². The van der Waals surface area contributed by atoms with Crippen molar-refractivity contribution in [2.45, 2.75) is 38.5 Å². The first-order chi connectivity index (χ1) is 18.9. The van der Waals surface area contributed by atoms with Crippen molar-refractivity contribution in [1.82, 2.24) is 29.9 Å². The van der Waals surface area contributed by atoms with Crippen LogP contribution >= 0.6 is 0 Å². The number of ether oxygens (including phenoxy) is 1. The molecule has 0 aliphatic carbocycles. The summed E-state index contributed by atoms with van der Waals surface area (Å²) in [5, 5.41) is 21.1. The van der Waals surface area contributed by atoms with Gasteiger partial charge in [0, 0.05) is 48.2 Å². The van der Waals surface area contributed by atoms with E-state index in [0.717, 1.165) is 5.69 Å². The van der Waals surface area contributed by atoms with Gasteiger partial charge in [-0.2, -0.15) is 13.2 Å². The molecule has 1 unspecified atom stereocenters. The number of nitrogens with zero attached hydrogens (tertiary/aromatic N) is 6. The van der Waals surface area contributed by atoms with Gasteiger partial charge in [-0.3, -0.25) is 4.98 Å². The van der Waals surface area contributed by atoms with Crippen molar-refractivity contribution in [2.24, 2.45) is 13.0 Å². The van der Waals surface area contributed by atoms with Gasteiger partial charge in [0.2, 0.25) is 5.88 Å². The molecule has 0 amide bonds. The molecule has 4 heterocycles. The van der Waals surface area contributed by atoms with Crippen LogP contribution in [-0.2, 0) is 12.6 Å². The number of alkyl halides is 3. The highest BCUT2D eigenvalue weighted by Crippen LogP contribution is 2.40. The number of hydrogen-bond donors (Lipinski definition) is 1. The number of halogens is 3. The fraction of sp³-hybridized carbons (Fsp3) is 0.379. The second-order valence-electron chi connectivity index (χ2n) is 10.2. The summed E-state index contributed by atoms with van der Waals surface area (Å²) in [5.41, 5.74) is 3.19. The number of aliphatic hydroxyl groups is 1. The number of hydrogen-bond acceptors (Lipinski definition) is 7. The Morgan fingerprint density at radius 2 is 1.80 bits per heavy atom. The molecule has 1 saturated heterocycles. The average molecular weight is 553 g/mol. The first kappa shape index (κ1) is 27.6. The molecule has 1 fully saturated rings. The molecule has 1 aliphatic rings. The summed E-state index contributed by atoms with van der Waals surface area (Å²) in [6, 6.07) is 11.0. The van der Waals surface area contributed by atoms with Crippen LogP contribution in [0.15, 0.2) is 49.2 Å². The Balaban J connectivity index is 1.59. The average Bonchev–Trinajstić information content (AvgIpc) is 3.37. The summed E-state index contributed by atoms with van der Waals surface area (Å²) in [5.74, 6) is -0.984. The lowest BCUT2D eigenvalue weighted by atomic mass is 9.82. The molecule has 1 atom stereocenters. The Hall–Kier alpha value is -3.99. The highest BCUT2D eigenvalue weighted by molar-refractivity contribution is 5.85. The topological polar surface area (TPSA) is 89.2 Å². The Morgan fingerprint density at radius 1 is 1.07 bits per heavy atom. The van der Waals surface area contributed by atoms with Crippen LogP contribution in [0.2, 0.25) is 0 Å². The molecule has 210 valence electrons. The Bertz CT molecular complexity index is 1580. The van der Waals surface area contributed by atoms with Gasteiger partial charge in [-0.15, -0.1) is 5.10 Å². The van der Waals surface area contributed by atoms with Crippen molar-refractivity contribution in [1.29, 1.82) is 0 Å². The molecule has 0 spiro atoms. The van der Waals surface area contributed by atoms with Crippen molar-refractivity contribution in [3.63, 3.8) is 0 Å². The second kappa shape index (κ2) is 10.2. The van der Waals surface area contributed by atoms with E-state index in [0.29, 0.717) is 50.6 Å². The van der Waals surface area contributed by atoms with E-state index in [1.165, 1.54) is 18.0 Å². The first-order valence-corrected chi connectivity index (χ1v) is 13.0. The standard InChI is InChI=1S/C29H31F3N6O2/c1-17-6-8-24(18(2)34-17)28(39,26-16-33-36-37(26)4)22-7-9-25-20(14-22)15-23(27(35-25)40-5)19(3)38-12-10-21(11-13-38)29(30,31)32/h6-9,14-16,21,39H,3,10-13H2,1-2,4-5H3. The maximum atomic E-state index is 13.2. The molecular weight excluding hydrogens is 521 g/mol. The number of fused-ring (bicyclic) bond motifs is 1. The van der Waals surface area contributed by atoms with Crippen molar-refractivity contribution < 1.29 is 23.0 Å². The molecule has 40 heavy (non-hydrogen) atoms. The minimum Gasteiger partial charge on any atom is -0.480 e. The number of aromatic nitrogens is 5. The number of likely N-dealkylation sites (tertiary alicyclic amines) is 1. The second-order valence-corrected chi connectivity index (χ2v) is 10.2. The monoisotopic (exact) mass is 552 g/mol. The molecule has 8 nitrogen and oxygen atoms in total. The van der Waals surface area contributed by atoms with Gasteiger partial charge >= 0.3 is 6.18 Å². The lowest BCUT2D eigenvalue weighted by Crippen LogP contribution is -2.37. The minimum atomic E-state index is -4.20. The van der Waals surface area contributed by atoms with E-state index in [1.807, 2.05) is 43.0 Å². The summed E-state index contributed by atoms with van der Waals surface area (Å²) in [6.07, 6.45) is -2.66. The van der Waals surface area contributed by atoms with Gasteiger partial charge in [0.15, 0.2) is 5.60 Å². The number of methoxy groups -OCH3 is 1. The highest BCUT2D eigenvalue weighted by Gasteiger charge is 2.42. The predicted octanol–water partition coefficient (Wildman–Crippen LogP) is 4.91. The van der Waals surface area contributed by atoms with E-state index >= 15 is 0 Å². The molecule has 11 heteroatoms. The molecule has 5 rings (SSSR count). The zero-order chi connectivity index (χ0) is 28.8. The van der Waals surface area contributed by atoms with E-state index in [4.69, 9.17) is 4.74 Å². The van der Waals surface area contributed by atoms with Crippen molar-refractivity contribution in [3.05, 3.63) is 82.9 Å². The predicted molar refractivity (Wildman–Crippen MR) is 144 cm³/mol. The number of aryl methyl sites for hydroxylation is 3. The highest BCUT2D eigenvalue weighted by atomic mass is 19.4. The van der Waals surface area contributed by atoms with Crippen LogP contribution in [0.5, 0.6) is 5.88 Å². The molecule has 1 aromatic carbocycles. The van der Waals surface area contributed by atoms with E-state index in [2.05, 4.69) is 26.9 Å². The SMILES string of the molecule is C=C(c1cc2cc(C(O)(c3ccc(C)nc3C)c3cnnn3C)ccc2nc1OC)N1CCC(C(F)(F)F)CC1. The summed E-state index contributed by atoms with van der Waals surface area (Å²) >= 11 is 0. The van der Waals surface area contributed by atoms with Gasteiger partial charge < -0.3 is 14.7 Å². The van der Waals surface area contributed by atoms with Crippen LogP contribution < -0.4 is 4.74 Å². The van der Waals surface area contributed by atoms with Crippen molar-refractivity contribution in [3.8, 4) is 5.88 Å². The third kappa shape index (κ3) is 4.78. The molecule has 3 aromatic heterocycles. The zero-order valence-electron chi connectivity index (χ0n) is 22.8. The maximum Gasteiger partial charge on any atom is 0.391 e. The van der Waals surface area contributed by atoms with Gasteiger partial charge in [0.1, 0.15) is 0 Å². The third-order valence-electron chi connectivity index (χ3n) is 7.74. The number of pyridine rings is 2. The summed E-state index contributed by atoms with van der Waals surface area (Å²) < 4.78 is 46.7. The van der Waals surface area contributed by atoms with Crippen molar-refractivity contribution in [2.75, 3.05) is 20.2 Å². The van der Waals surface area contributed by atoms with Crippen LogP contribution in [0.1, 0.15) is 46.6 Å². The Labute approximate surface area is 230 Å². The first-order valence-electron chi connectivity index (χ1n) is 13.0. The van der Waals surface area contributed by atoms with Crippen LogP contribution in [-0.4, -0.2) is 61.3 Å².